The van der Waals surface area contributed by atoms with Crippen LogP contribution in [0.15, 0.2) is 53.4 Å². The van der Waals surface area contributed by atoms with E-state index in [9.17, 15) is 0 Å². The van der Waals surface area contributed by atoms with Crippen molar-refractivity contribution in [3.8, 4) is 0 Å². The summed E-state index contributed by atoms with van der Waals surface area (Å²) >= 11 is 1.99. The molecule has 20 heavy (non-hydrogen) atoms. The predicted octanol–water partition coefficient (Wildman–Crippen LogP) is 3.88. The molecule has 0 aliphatic carbocycles. The summed E-state index contributed by atoms with van der Waals surface area (Å²) in [4.78, 5) is 3.60. The van der Waals surface area contributed by atoms with E-state index in [1.165, 1.54) is 21.8 Å². The highest BCUT2D eigenvalue weighted by Crippen LogP contribution is 2.37. The Labute approximate surface area is 125 Å². The fourth-order valence-corrected chi connectivity index (χ4v) is 3.85. The van der Waals surface area contributed by atoms with Crippen molar-refractivity contribution < 1.29 is 0 Å². The number of nitrogens with zero attached hydrogens (tertiary/aromatic N) is 1. The molecule has 0 aromatic heterocycles. The van der Waals surface area contributed by atoms with Crippen molar-refractivity contribution in [1.29, 1.82) is 0 Å². The molecule has 3 heteroatoms. The van der Waals surface area contributed by atoms with Crippen LogP contribution in [0.2, 0.25) is 0 Å². The summed E-state index contributed by atoms with van der Waals surface area (Å²) in [7, 11) is 4.17. The normalized spacial score (nSPS) is 16.8. The summed E-state index contributed by atoms with van der Waals surface area (Å²) in [5, 5.41) is 4.24. The molecule has 2 aromatic carbocycles. The SMILES string of the molecule is CN(C)c1ccccc1NCC1Cc2ccccc2S1. The molecule has 0 amide bonds. The van der Waals surface area contributed by atoms with E-state index in [-0.39, 0.29) is 0 Å². The summed E-state index contributed by atoms with van der Waals surface area (Å²) in [6.45, 7) is 1.00. The Kier molecular flexibility index (Phi) is 3.88. The third kappa shape index (κ3) is 2.78. The van der Waals surface area contributed by atoms with Crippen molar-refractivity contribution >= 4 is 23.1 Å². The van der Waals surface area contributed by atoms with Crippen LogP contribution in [-0.4, -0.2) is 25.9 Å². The van der Waals surface area contributed by atoms with Gasteiger partial charge in [0.1, 0.15) is 0 Å². The molecule has 0 saturated heterocycles. The van der Waals surface area contributed by atoms with Crippen LogP contribution in [0.1, 0.15) is 5.56 Å². The zero-order valence-electron chi connectivity index (χ0n) is 12.0. The lowest BCUT2D eigenvalue weighted by Gasteiger charge is -2.19. The highest BCUT2D eigenvalue weighted by atomic mass is 32.2. The molecule has 0 fully saturated rings. The van der Waals surface area contributed by atoms with Gasteiger partial charge >= 0.3 is 0 Å². The molecular weight excluding hydrogens is 264 g/mol. The van der Waals surface area contributed by atoms with Crippen molar-refractivity contribution in [2.24, 2.45) is 0 Å². The molecule has 2 nitrogen and oxygen atoms in total. The summed E-state index contributed by atoms with van der Waals surface area (Å²) in [5.41, 5.74) is 3.95. The predicted molar refractivity (Wildman–Crippen MR) is 89.0 cm³/mol. The van der Waals surface area contributed by atoms with Gasteiger partial charge in [0, 0.05) is 30.8 Å². The zero-order valence-corrected chi connectivity index (χ0v) is 12.8. The Morgan fingerprint density at radius 1 is 1.10 bits per heavy atom. The maximum absolute atomic E-state index is 3.61. The van der Waals surface area contributed by atoms with Gasteiger partial charge in [0.05, 0.1) is 11.4 Å². The summed E-state index contributed by atoms with van der Waals surface area (Å²) in [6, 6.07) is 17.2. The molecule has 1 unspecified atom stereocenters. The Hall–Kier alpha value is -1.61. The number of thioether (sulfide) groups is 1. The molecule has 2 aromatic rings. The molecule has 1 aliphatic rings. The van der Waals surface area contributed by atoms with Crippen LogP contribution in [0.25, 0.3) is 0 Å². The van der Waals surface area contributed by atoms with Gasteiger partial charge in [-0.2, -0.15) is 0 Å². The van der Waals surface area contributed by atoms with Gasteiger partial charge in [-0.1, -0.05) is 30.3 Å². The third-order valence-corrected chi connectivity index (χ3v) is 4.94. The molecule has 3 rings (SSSR count). The summed E-state index contributed by atoms with van der Waals surface area (Å²) < 4.78 is 0. The average molecular weight is 284 g/mol. The van der Waals surface area contributed by atoms with Crippen LogP contribution in [0.5, 0.6) is 0 Å². The van der Waals surface area contributed by atoms with E-state index in [2.05, 4.69) is 72.8 Å². The maximum atomic E-state index is 3.61. The van der Waals surface area contributed by atoms with Crippen molar-refractivity contribution in [3.05, 3.63) is 54.1 Å². The third-order valence-electron chi connectivity index (χ3n) is 3.62. The molecule has 0 radical (unpaired) electrons. The average Bonchev–Trinajstić information content (AvgIpc) is 2.88. The summed E-state index contributed by atoms with van der Waals surface area (Å²) in [5.74, 6) is 0. The Morgan fingerprint density at radius 2 is 1.85 bits per heavy atom. The van der Waals surface area contributed by atoms with Crippen molar-refractivity contribution in [2.75, 3.05) is 30.9 Å². The molecule has 1 aliphatic heterocycles. The van der Waals surface area contributed by atoms with Gasteiger partial charge in [-0.05, 0) is 30.2 Å². The van der Waals surface area contributed by atoms with E-state index in [1.54, 1.807) is 0 Å². The van der Waals surface area contributed by atoms with Gasteiger partial charge in [-0.15, -0.1) is 11.8 Å². The standard InChI is InChI=1S/C17H20N2S/c1-19(2)16-9-5-4-8-15(16)18-12-14-11-13-7-3-6-10-17(13)20-14/h3-10,14,18H,11-12H2,1-2H3. The number of fused-ring (bicyclic) bond motifs is 1. The van der Waals surface area contributed by atoms with E-state index >= 15 is 0 Å². The monoisotopic (exact) mass is 284 g/mol. The lowest BCUT2D eigenvalue weighted by molar-refractivity contribution is 0.898. The van der Waals surface area contributed by atoms with Crippen molar-refractivity contribution in [1.82, 2.24) is 0 Å². The lowest BCUT2D eigenvalue weighted by Crippen LogP contribution is -2.18. The first-order chi connectivity index (χ1) is 9.74. The fraction of sp³-hybridized carbons (Fsp3) is 0.294. The topological polar surface area (TPSA) is 15.3 Å². The minimum Gasteiger partial charge on any atom is -0.382 e. The largest absolute Gasteiger partial charge is 0.382 e. The minimum atomic E-state index is 0.627. The zero-order chi connectivity index (χ0) is 13.9. The first-order valence-corrected chi connectivity index (χ1v) is 7.87. The van der Waals surface area contributed by atoms with Gasteiger partial charge in [-0.25, -0.2) is 0 Å². The first-order valence-electron chi connectivity index (χ1n) is 6.99. The van der Waals surface area contributed by atoms with E-state index in [0.717, 1.165) is 13.0 Å². The van der Waals surface area contributed by atoms with Crippen LogP contribution < -0.4 is 10.2 Å². The summed E-state index contributed by atoms with van der Waals surface area (Å²) in [6.07, 6.45) is 1.16. The van der Waals surface area contributed by atoms with Crippen LogP contribution in [-0.2, 0) is 6.42 Å². The van der Waals surface area contributed by atoms with E-state index < -0.39 is 0 Å². The molecule has 1 heterocycles. The van der Waals surface area contributed by atoms with Crippen molar-refractivity contribution in [2.45, 2.75) is 16.6 Å². The second kappa shape index (κ2) is 5.80. The molecule has 104 valence electrons. The molecule has 1 N–H and O–H groups in total. The Morgan fingerprint density at radius 3 is 2.65 bits per heavy atom. The van der Waals surface area contributed by atoms with Crippen LogP contribution in [0, 0.1) is 0 Å². The smallest absolute Gasteiger partial charge is 0.0596 e. The number of anilines is 2. The first kappa shape index (κ1) is 13.4. The number of hydrogen-bond acceptors (Lipinski definition) is 3. The molecule has 0 bridgehead atoms. The van der Waals surface area contributed by atoms with Gasteiger partial charge in [0.2, 0.25) is 0 Å². The second-order valence-electron chi connectivity index (χ2n) is 5.34. The van der Waals surface area contributed by atoms with E-state index in [4.69, 9.17) is 0 Å². The van der Waals surface area contributed by atoms with Crippen LogP contribution >= 0.6 is 11.8 Å². The fourth-order valence-electron chi connectivity index (χ4n) is 2.60. The molecule has 1 atom stereocenters. The molecular formula is C17H20N2S. The van der Waals surface area contributed by atoms with Gasteiger partial charge in [-0.3, -0.25) is 0 Å². The number of nitrogens with one attached hydrogen (secondary N) is 1. The number of rotatable bonds is 4. The Bertz CT molecular complexity index is 570. The van der Waals surface area contributed by atoms with Gasteiger partial charge in [0.15, 0.2) is 0 Å². The van der Waals surface area contributed by atoms with Crippen LogP contribution in [0.3, 0.4) is 0 Å². The second-order valence-corrected chi connectivity index (χ2v) is 6.69. The van der Waals surface area contributed by atoms with Crippen LogP contribution in [0.4, 0.5) is 11.4 Å². The number of benzene rings is 2. The number of para-hydroxylation sites is 2. The van der Waals surface area contributed by atoms with E-state index in [0.29, 0.717) is 5.25 Å². The molecule has 0 saturated carbocycles. The maximum Gasteiger partial charge on any atom is 0.0596 e. The van der Waals surface area contributed by atoms with E-state index in [1.807, 2.05) is 11.8 Å². The lowest BCUT2D eigenvalue weighted by atomic mass is 10.1. The quantitative estimate of drug-likeness (QED) is 0.917. The minimum absolute atomic E-state index is 0.627. The van der Waals surface area contributed by atoms with Crippen molar-refractivity contribution in [3.63, 3.8) is 0 Å². The van der Waals surface area contributed by atoms with Gasteiger partial charge < -0.3 is 10.2 Å². The molecule has 0 spiro atoms. The Balaban J connectivity index is 1.65. The van der Waals surface area contributed by atoms with Gasteiger partial charge in [0.25, 0.3) is 0 Å². The highest BCUT2D eigenvalue weighted by molar-refractivity contribution is 8.00. The highest BCUT2D eigenvalue weighted by Gasteiger charge is 2.21. The number of hydrogen-bond donors (Lipinski definition) is 1.